The van der Waals surface area contributed by atoms with Gasteiger partial charge in [0.2, 0.25) is 5.92 Å². The summed E-state index contributed by atoms with van der Waals surface area (Å²) < 4.78 is 90.1. The number of hydrogen-bond acceptors (Lipinski definition) is 4. The molecular formula is C22H20F5N5O. The van der Waals surface area contributed by atoms with Crippen molar-refractivity contribution in [1.82, 2.24) is 24.5 Å². The Morgan fingerprint density at radius 2 is 1.94 bits per heavy atom. The minimum absolute atomic E-state index is 0.297. The number of aromatic nitrogens is 5. The molecule has 174 valence electrons. The molecule has 4 aromatic rings. The van der Waals surface area contributed by atoms with Gasteiger partial charge in [0.05, 0.1) is 25.7 Å². The van der Waals surface area contributed by atoms with Gasteiger partial charge < -0.3 is 9.09 Å². The number of nitrogens with zero attached hydrogens (tertiary/aromatic N) is 5. The van der Waals surface area contributed by atoms with Crippen LogP contribution in [0.1, 0.15) is 27.0 Å². The Morgan fingerprint density at radius 3 is 2.58 bits per heavy atom. The molecule has 1 fully saturated rings. The third-order valence-electron chi connectivity index (χ3n) is 5.66. The molecule has 0 atom stereocenters. The summed E-state index contributed by atoms with van der Waals surface area (Å²) in [6.45, 7) is -0.0214. The third-order valence-corrected chi connectivity index (χ3v) is 5.66. The van der Waals surface area contributed by atoms with E-state index < -0.39 is 43.9 Å². The van der Waals surface area contributed by atoms with Crippen LogP contribution >= 0.6 is 0 Å². The highest BCUT2D eigenvalue weighted by molar-refractivity contribution is 5.94. The summed E-state index contributed by atoms with van der Waals surface area (Å²) in [5, 5.41) is 7.69. The van der Waals surface area contributed by atoms with Gasteiger partial charge in [-0.3, -0.25) is 9.67 Å². The summed E-state index contributed by atoms with van der Waals surface area (Å²) in [6.07, 6.45) is -0.293. The summed E-state index contributed by atoms with van der Waals surface area (Å²) in [5.74, 6) is -3.35. The molecule has 0 aromatic carbocycles. The summed E-state index contributed by atoms with van der Waals surface area (Å²) in [5.41, 5.74) is 3.10. The van der Waals surface area contributed by atoms with Crippen molar-refractivity contribution in [2.45, 2.75) is 51.8 Å². The van der Waals surface area contributed by atoms with Crippen molar-refractivity contribution < 1.29 is 29.2 Å². The monoisotopic (exact) mass is 467 g/mol. The van der Waals surface area contributed by atoms with Gasteiger partial charge in [-0.1, -0.05) is 5.16 Å². The van der Waals surface area contributed by atoms with Crippen molar-refractivity contribution in [2.75, 3.05) is 0 Å². The molecule has 0 N–H and O–H groups in total. The van der Waals surface area contributed by atoms with Crippen molar-refractivity contribution in [3.8, 4) is 22.3 Å². The van der Waals surface area contributed by atoms with Gasteiger partial charge >= 0.3 is 6.18 Å². The fourth-order valence-electron chi connectivity index (χ4n) is 4.18. The predicted octanol–water partition coefficient (Wildman–Crippen LogP) is 5.78. The molecule has 0 radical (unpaired) electrons. The van der Waals surface area contributed by atoms with Gasteiger partial charge in [-0.25, -0.2) is 8.78 Å². The Kier molecular flexibility index (Phi) is 4.31. The standard InChI is InChI=1S/C22H20F5N5O/c1-12-19(13(2)33-30-12)15-3-18-20(28-6-15)17(10-31(18)8-14-4-21(23,24)5-14)16-7-29-32(9-16)11-22(25,26)27/h3,6-7,9-10,14H,4-5,8,11H2,1-2H3/i8D2. The number of rotatable bonds is 5. The highest BCUT2D eigenvalue weighted by Gasteiger charge is 2.45. The topological polar surface area (TPSA) is 61.7 Å². The van der Waals surface area contributed by atoms with Gasteiger partial charge in [-0.2, -0.15) is 18.3 Å². The van der Waals surface area contributed by atoms with Crippen molar-refractivity contribution in [3.05, 3.63) is 42.3 Å². The first kappa shape index (κ1) is 19.2. The van der Waals surface area contributed by atoms with Gasteiger partial charge in [-0.15, -0.1) is 0 Å². The average Bonchev–Trinajstić information content (AvgIpc) is 3.41. The molecule has 4 heterocycles. The van der Waals surface area contributed by atoms with Crippen LogP contribution < -0.4 is 0 Å². The van der Waals surface area contributed by atoms with Crippen molar-refractivity contribution >= 4 is 11.0 Å². The zero-order valence-corrected chi connectivity index (χ0v) is 17.6. The lowest BCUT2D eigenvalue weighted by molar-refractivity contribution is -0.142. The Labute approximate surface area is 187 Å². The zero-order valence-electron chi connectivity index (χ0n) is 19.6. The lowest BCUT2D eigenvalue weighted by Crippen LogP contribution is -2.37. The van der Waals surface area contributed by atoms with Crippen LogP contribution in [0, 0.1) is 19.8 Å². The van der Waals surface area contributed by atoms with E-state index in [2.05, 4.69) is 15.2 Å². The van der Waals surface area contributed by atoms with Gasteiger partial charge in [0, 0.05) is 60.2 Å². The molecule has 0 bridgehead atoms. The number of alkyl halides is 5. The van der Waals surface area contributed by atoms with E-state index >= 15 is 0 Å². The van der Waals surface area contributed by atoms with Crippen LogP contribution in [0.5, 0.6) is 0 Å². The number of fused-ring (bicyclic) bond motifs is 1. The number of aryl methyl sites for hydroxylation is 2. The molecule has 0 unspecified atom stereocenters. The van der Waals surface area contributed by atoms with E-state index in [4.69, 9.17) is 7.26 Å². The fraction of sp³-hybridized carbons (Fsp3) is 0.409. The van der Waals surface area contributed by atoms with Crippen molar-refractivity contribution in [3.63, 3.8) is 0 Å². The van der Waals surface area contributed by atoms with E-state index in [9.17, 15) is 22.0 Å². The molecule has 6 nitrogen and oxygen atoms in total. The fourth-order valence-corrected chi connectivity index (χ4v) is 4.18. The first-order chi connectivity index (χ1) is 16.2. The number of pyridine rings is 1. The lowest BCUT2D eigenvalue weighted by Gasteiger charge is -2.35. The number of hydrogen-bond donors (Lipinski definition) is 0. The maximum atomic E-state index is 13.6. The van der Waals surface area contributed by atoms with Crippen LogP contribution in [0.3, 0.4) is 0 Å². The van der Waals surface area contributed by atoms with Crippen LogP contribution in [-0.2, 0) is 13.0 Å². The third kappa shape index (κ3) is 4.11. The maximum absolute atomic E-state index is 13.6. The summed E-state index contributed by atoms with van der Waals surface area (Å²) in [7, 11) is 0. The van der Waals surface area contributed by atoms with Crippen LogP contribution in [0.2, 0.25) is 0 Å². The summed E-state index contributed by atoms with van der Waals surface area (Å²) in [4.78, 5) is 4.48. The minimum Gasteiger partial charge on any atom is -0.361 e. The molecule has 1 aliphatic carbocycles. The predicted molar refractivity (Wildman–Crippen MR) is 110 cm³/mol. The van der Waals surface area contributed by atoms with Crippen molar-refractivity contribution in [1.29, 1.82) is 0 Å². The minimum atomic E-state index is -4.47. The van der Waals surface area contributed by atoms with E-state index in [1.54, 1.807) is 19.9 Å². The van der Waals surface area contributed by atoms with E-state index in [1.165, 1.54) is 29.4 Å². The second-order valence-corrected chi connectivity index (χ2v) is 8.34. The van der Waals surface area contributed by atoms with Gasteiger partial charge in [-0.05, 0) is 25.8 Å². The van der Waals surface area contributed by atoms with Crippen molar-refractivity contribution in [2.24, 2.45) is 5.92 Å². The molecule has 11 heteroatoms. The molecule has 5 rings (SSSR count). The second kappa shape index (κ2) is 7.39. The Hall–Kier alpha value is -3.24. The van der Waals surface area contributed by atoms with E-state index in [1.807, 2.05) is 0 Å². The van der Waals surface area contributed by atoms with Crippen LogP contribution in [0.4, 0.5) is 22.0 Å². The van der Waals surface area contributed by atoms with E-state index in [0.29, 0.717) is 44.7 Å². The molecule has 33 heavy (non-hydrogen) atoms. The molecule has 1 saturated carbocycles. The molecule has 0 saturated heterocycles. The highest BCUT2D eigenvalue weighted by Crippen LogP contribution is 2.44. The summed E-state index contributed by atoms with van der Waals surface area (Å²) in [6, 6.07) is 1.66. The van der Waals surface area contributed by atoms with Gasteiger partial charge in [0.15, 0.2) is 0 Å². The molecule has 0 amide bonds. The largest absolute Gasteiger partial charge is 0.408 e. The molecule has 4 aromatic heterocycles. The Morgan fingerprint density at radius 1 is 1.18 bits per heavy atom. The highest BCUT2D eigenvalue weighted by atomic mass is 19.4. The molecule has 1 aliphatic rings. The van der Waals surface area contributed by atoms with Gasteiger partial charge in [0.1, 0.15) is 12.3 Å². The first-order valence-electron chi connectivity index (χ1n) is 11.2. The SMILES string of the molecule is [2H]C([2H])(C1CC(F)(F)C1)n1cc(-c2cnn(CC(F)(F)F)c2)c2ncc(-c3c(C)noc3C)cc21. The maximum Gasteiger partial charge on any atom is 0.408 e. The van der Waals surface area contributed by atoms with Gasteiger partial charge in [0.25, 0.3) is 0 Å². The zero-order chi connectivity index (χ0) is 25.3. The van der Waals surface area contributed by atoms with Crippen LogP contribution in [0.25, 0.3) is 33.3 Å². The quantitative estimate of drug-likeness (QED) is 0.349. The first-order valence-corrected chi connectivity index (χ1v) is 10.2. The molecule has 0 spiro atoms. The Balaban J connectivity index is 1.66. The van der Waals surface area contributed by atoms with E-state index in [0.717, 1.165) is 4.68 Å². The number of halogens is 5. The van der Waals surface area contributed by atoms with Crippen LogP contribution in [0.15, 0.2) is 35.4 Å². The smallest absolute Gasteiger partial charge is 0.361 e. The average molecular weight is 467 g/mol. The lowest BCUT2D eigenvalue weighted by atomic mass is 9.81. The van der Waals surface area contributed by atoms with Crippen LogP contribution in [-0.4, -0.2) is 36.6 Å². The molecular weight excluding hydrogens is 445 g/mol. The molecule has 0 aliphatic heterocycles. The van der Waals surface area contributed by atoms with E-state index in [-0.39, 0.29) is 0 Å². The Bertz CT molecular complexity index is 1390. The second-order valence-electron chi connectivity index (χ2n) is 8.34. The normalized spacial score (nSPS) is 17.8. The summed E-state index contributed by atoms with van der Waals surface area (Å²) >= 11 is 0.